The zero-order chi connectivity index (χ0) is 14.3. The Labute approximate surface area is 121 Å². The van der Waals surface area contributed by atoms with Crippen LogP contribution in [0.3, 0.4) is 0 Å². The highest BCUT2D eigenvalue weighted by atomic mass is 79.9. The average molecular weight is 329 g/mol. The minimum absolute atomic E-state index is 0.262. The summed E-state index contributed by atoms with van der Waals surface area (Å²) in [7, 11) is 1.36. The third-order valence-electron chi connectivity index (χ3n) is 2.69. The molecular formula is C14H17BrO4. The fourth-order valence-corrected chi connectivity index (χ4v) is 2.22. The van der Waals surface area contributed by atoms with E-state index in [4.69, 9.17) is 4.74 Å². The van der Waals surface area contributed by atoms with Crippen molar-refractivity contribution in [2.75, 3.05) is 13.7 Å². The van der Waals surface area contributed by atoms with Gasteiger partial charge in [0.05, 0.1) is 19.3 Å². The number of esters is 2. The van der Waals surface area contributed by atoms with Crippen LogP contribution in [0.1, 0.15) is 34.8 Å². The van der Waals surface area contributed by atoms with Crippen LogP contribution in [-0.4, -0.2) is 25.7 Å². The molecule has 4 nitrogen and oxygen atoms in total. The highest BCUT2D eigenvalue weighted by Crippen LogP contribution is 2.18. The van der Waals surface area contributed by atoms with Crippen molar-refractivity contribution in [2.45, 2.75) is 25.1 Å². The number of halogens is 1. The van der Waals surface area contributed by atoms with E-state index in [0.717, 1.165) is 11.1 Å². The van der Waals surface area contributed by atoms with Crippen molar-refractivity contribution in [1.29, 1.82) is 0 Å². The van der Waals surface area contributed by atoms with E-state index in [1.165, 1.54) is 7.11 Å². The summed E-state index contributed by atoms with van der Waals surface area (Å²) < 4.78 is 9.58. The van der Waals surface area contributed by atoms with Gasteiger partial charge in [-0.05, 0) is 36.6 Å². The molecule has 1 rings (SSSR count). The molecule has 0 radical (unpaired) electrons. The third kappa shape index (κ3) is 4.67. The van der Waals surface area contributed by atoms with E-state index in [0.29, 0.717) is 30.3 Å². The highest BCUT2D eigenvalue weighted by Gasteiger charge is 2.11. The first-order valence-electron chi connectivity index (χ1n) is 6.04. The summed E-state index contributed by atoms with van der Waals surface area (Å²) in [5, 5.41) is 0.673. The number of carbonyl (C=O) groups is 2. The summed E-state index contributed by atoms with van der Waals surface area (Å²) in [6.07, 6.45) is 0.837. The van der Waals surface area contributed by atoms with Crippen molar-refractivity contribution in [3.8, 4) is 0 Å². The van der Waals surface area contributed by atoms with Gasteiger partial charge in [0, 0.05) is 11.8 Å². The Morgan fingerprint density at radius 2 is 2.00 bits per heavy atom. The second-order valence-electron chi connectivity index (χ2n) is 3.91. The molecule has 0 spiro atoms. The molecule has 0 aliphatic rings. The lowest BCUT2D eigenvalue weighted by molar-refractivity contribution is -0.140. The first kappa shape index (κ1) is 15.7. The normalized spacial score (nSPS) is 10.1. The van der Waals surface area contributed by atoms with E-state index in [2.05, 4.69) is 20.7 Å². The summed E-state index contributed by atoms with van der Waals surface area (Å²) in [6, 6.07) is 5.38. The van der Waals surface area contributed by atoms with Crippen molar-refractivity contribution >= 4 is 27.9 Å². The van der Waals surface area contributed by atoms with Crippen molar-refractivity contribution in [3.05, 3.63) is 34.9 Å². The largest absolute Gasteiger partial charge is 0.469 e. The van der Waals surface area contributed by atoms with Crippen molar-refractivity contribution in [1.82, 2.24) is 0 Å². The molecule has 1 aromatic rings. The van der Waals surface area contributed by atoms with Crippen LogP contribution in [0, 0.1) is 0 Å². The lowest BCUT2D eigenvalue weighted by atomic mass is 10.0. The van der Waals surface area contributed by atoms with Crippen molar-refractivity contribution in [2.24, 2.45) is 0 Å². The summed E-state index contributed by atoms with van der Waals surface area (Å²) in [4.78, 5) is 22.8. The van der Waals surface area contributed by atoms with E-state index >= 15 is 0 Å². The number of rotatable bonds is 6. The highest BCUT2D eigenvalue weighted by molar-refractivity contribution is 9.08. The fourth-order valence-electron chi connectivity index (χ4n) is 1.67. The zero-order valence-corrected chi connectivity index (χ0v) is 12.7. The zero-order valence-electron chi connectivity index (χ0n) is 11.1. The lowest BCUT2D eigenvalue weighted by Crippen LogP contribution is -2.07. The number of carbonyl (C=O) groups excluding carboxylic acids is 2. The van der Waals surface area contributed by atoms with E-state index in [9.17, 15) is 9.59 Å². The van der Waals surface area contributed by atoms with Crippen LogP contribution in [0.5, 0.6) is 0 Å². The lowest BCUT2D eigenvalue weighted by Gasteiger charge is -2.09. The van der Waals surface area contributed by atoms with Gasteiger partial charge in [-0.25, -0.2) is 4.79 Å². The number of aryl methyl sites for hydroxylation is 1. The summed E-state index contributed by atoms with van der Waals surface area (Å²) in [6.45, 7) is 2.11. The third-order valence-corrected chi connectivity index (χ3v) is 3.29. The molecule has 0 fully saturated rings. The molecule has 0 aromatic heterocycles. The predicted octanol–water partition coefficient (Wildman–Crippen LogP) is 2.86. The number of hydrogen-bond acceptors (Lipinski definition) is 4. The van der Waals surface area contributed by atoms with Crippen molar-refractivity contribution < 1.29 is 19.1 Å². The van der Waals surface area contributed by atoms with Gasteiger partial charge in [-0.3, -0.25) is 4.79 Å². The molecule has 0 saturated heterocycles. The van der Waals surface area contributed by atoms with Crippen molar-refractivity contribution in [3.63, 3.8) is 0 Å². The van der Waals surface area contributed by atoms with Crippen LogP contribution < -0.4 is 0 Å². The van der Waals surface area contributed by atoms with Gasteiger partial charge in [0.15, 0.2) is 0 Å². The van der Waals surface area contributed by atoms with Crippen LogP contribution in [-0.2, 0) is 26.0 Å². The molecule has 5 heteroatoms. The van der Waals surface area contributed by atoms with E-state index in [1.807, 2.05) is 6.07 Å². The van der Waals surface area contributed by atoms with E-state index < -0.39 is 0 Å². The number of methoxy groups -OCH3 is 1. The Kier molecular flexibility index (Phi) is 6.56. The molecule has 0 aliphatic carbocycles. The SMILES string of the molecule is CCOC(=O)c1ccc(CBr)c(CCC(=O)OC)c1. The first-order chi connectivity index (χ1) is 9.12. The van der Waals surface area contributed by atoms with Crippen LogP contribution in [0.15, 0.2) is 18.2 Å². The van der Waals surface area contributed by atoms with Crippen LogP contribution >= 0.6 is 15.9 Å². The molecule has 1 aromatic carbocycles. The van der Waals surface area contributed by atoms with Gasteiger partial charge in [-0.15, -0.1) is 0 Å². The second kappa shape index (κ2) is 7.94. The Hall–Kier alpha value is -1.36. The predicted molar refractivity (Wildman–Crippen MR) is 75.4 cm³/mol. The summed E-state index contributed by atoms with van der Waals surface area (Å²) in [5.41, 5.74) is 2.51. The van der Waals surface area contributed by atoms with E-state index in [1.54, 1.807) is 19.1 Å². The number of alkyl halides is 1. The Morgan fingerprint density at radius 3 is 2.58 bits per heavy atom. The van der Waals surface area contributed by atoms with Gasteiger partial charge in [0.2, 0.25) is 0 Å². The number of ether oxygens (including phenoxy) is 2. The number of hydrogen-bond donors (Lipinski definition) is 0. The molecule has 0 amide bonds. The maximum absolute atomic E-state index is 11.7. The summed E-state index contributed by atoms with van der Waals surface area (Å²) >= 11 is 3.39. The molecule has 0 saturated carbocycles. The quantitative estimate of drug-likeness (QED) is 0.595. The smallest absolute Gasteiger partial charge is 0.338 e. The van der Waals surface area contributed by atoms with Gasteiger partial charge in [-0.2, -0.15) is 0 Å². The fraction of sp³-hybridized carbons (Fsp3) is 0.429. The van der Waals surface area contributed by atoms with Crippen LogP contribution in [0.4, 0.5) is 0 Å². The minimum Gasteiger partial charge on any atom is -0.469 e. The molecule has 0 unspecified atom stereocenters. The Bertz CT molecular complexity index is 457. The minimum atomic E-state index is -0.344. The first-order valence-corrected chi connectivity index (χ1v) is 7.16. The monoisotopic (exact) mass is 328 g/mol. The molecule has 0 heterocycles. The van der Waals surface area contributed by atoms with Crippen LogP contribution in [0.2, 0.25) is 0 Å². The maximum Gasteiger partial charge on any atom is 0.338 e. The van der Waals surface area contributed by atoms with Gasteiger partial charge in [0.25, 0.3) is 0 Å². The summed E-state index contributed by atoms with van der Waals surface area (Å²) in [5.74, 6) is -0.606. The molecule has 104 valence electrons. The maximum atomic E-state index is 11.7. The average Bonchev–Trinajstić information content (AvgIpc) is 2.44. The molecule has 0 atom stereocenters. The number of benzene rings is 1. The Balaban J connectivity index is 2.89. The molecule has 0 aliphatic heterocycles. The Morgan fingerprint density at radius 1 is 1.26 bits per heavy atom. The van der Waals surface area contributed by atoms with Gasteiger partial charge < -0.3 is 9.47 Å². The standard InChI is InChI=1S/C14H17BrO4/c1-3-19-14(17)11-4-5-12(9-15)10(8-11)6-7-13(16)18-2/h4-5,8H,3,6-7,9H2,1-2H3. The van der Waals surface area contributed by atoms with Gasteiger partial charge in [0.1, 0.15) is 0 Å². The molecular weight excluding hydrogens is 312 g/mol. The molecule has 19 heavy (non-hydrogen) atoms. The second-order valence-corrected chi connectivity index (χ2v) is 4.47. The molecule has 0 N–H and O–H groups in total. The van der Waals surface area contributed by atoms with Gasteiger partial charge in [-0.1, -0.05) is 22.0 Å². The van der Waals surface area contributed by atoms with Gasteiger partial charge >= 0.3 is 11.9 Å². The van der Waals surface area contributed by atoms with E-state index in [-0.39, 0.29) is 11.9 Å². The molecule has 0 bridgehead atoms. The van der Waals surface area contributed by atoms with Crippen LogP contribution in [0.25, 0.3) is 0 Å². The topological polar surface area (TPSA) is 52.6 Å².